The van der Waals surface area contributed by atoms with Crippen LogP contribution in [0.2, 0.25) is 0 Å². The van der Waals surface area contributed by atoms with Crippen LogP contribution >= 0.6 is 15.9 Å². The van der Waals surface area contributed by atoms with Crippen LogP contribution in [0, 0.1) is 6.92 Å². The molecule has 3 aromatic rings. The molecule has 0 atom stereocenters. The fourth-order valence-corrected chi connectivity index (χ4v) is 2.81. The van der Waals surface area contributed by atoms with Crippen molar-refractivity contribution in [3.8, 4) is 0 Å². The number of anilines is 1. The fourth-order valence-electron chi connectivity index (χ4n) is 2.56. The number of nitrogens with zero attached hydrogens (tertiary/aromatic N) is 1. The number of hydrogen-bond donors (Lipinski definition) is 1. The average Bonchev–Trinajstić information content (AvgIpc) is 2.65. The lowest BCUT2D eigenvalue weighted by molar-refractivity contribution is -0.684. The maximum Gasteiger partial charge on any atom is 0.290 e. The van der Waals surface area contributed by atoms with E-state index in [4.69, 9.17) is 0 Å². The van der Waals surface area contributed by atoms with Gasteiger partial charge in [-0.3, -0.25) is 9.59 Å². The Labute approximate surface area is 160 Å². The highest BCUT2D eigenvalue weighted by molar-refractivity contribution is 9.10. The van der Waals surface area contributed by atoms with E-state index < -0.39 is 0 Å². The lowest BCUT2D eigenvalue weighted by Gasteiger charge is -2.06. The smallest absolute Gasteiger partial charge is 0.290 e. The van der Waals surface area contributed by atoms with Gasteiger partial charge in [0.15, 0.2) is 18.2 Å². The molecule has 1 amide bonds. The molecule has 0 unspecified atom stereocenters. The molecule has 1 heterocycles. The largest absolute Gasteiger partial charge is 0.321 e. The first kappa shape index (κ1) is 18.0. The monoisotopic (exact) mass is 409 g/mol. The van der Waals surface area contributed by atoms with Crippen LogP contribution in [-0.4, -0.2) is 11.7 Å². The molecule has 130 valence electrons. The van der Waals surface area contributed by atoms with Crippen LogP contribution in [0.4, 0.5) is 5.69 Å². The van der Waals surface area contributed by atoms with Crippen LogP contribution in [-0.2, 0) is 11.3 Å². The minimum absolute atomic E-state index is 0.0347. The van der Waals surface area contributed by atoms with Crippen molar-refractivity contribution in [1.82, 2.24) is 0 Å². The van der Waals surface area contributed by atoms with Gasteiger partial charge in [0, 0.05) is 33.4 Å². The third kappa shape index (κ3) is 4.43. The van der Waals surface area contributed by atoms with Gasteiger partial charge in [-0.15, -0.1) is 0 Å². The predicted octanol–water partition coefficient (Wildman–Crippen LogP) is 3.91. The molecule has 4 nitrogen and oxygen atoms in total. The summed E-state index contributed by atoms with van der Waals surface area (Å²) in [4.78, 5) is 24.6. The summed E-state index contributed by atoms with van der Waals surface area (Å²) in [5.74, 6) is -0.161. The van der Waals surface area contributed by atoms with Gasteiger partial charge in [0.1, 0.15) is 0 Å². The minimum atomic E-state index is -0.126. The van der Waals surface area contributed by atoms with Crippen molar-refractivity contribution >= 4 is 33.3 Å². The highest BCUT2D eigenvalue weighted by atomic mass is 79.9. The predicted molar refractivity (Wildman–Crippen MR) is 104 cm³/mol. The van der Waals surface area contributed by atoms with Crippen molar-refractivity contribution in [3.63, 3.8) is 0 Å². The molecule has 5 heteroatoms. The summed E-state index contributed by atoms with van der Waals surface area (Å²) in [6, 6.07) is 18.3. The number of aryl methyl sites for hydroxylation is 1. The number of halogens is 1. The van der Waals surface area contributed by atoms with Gasteiger partial charge in [-0.2, -0.15) is 4.57 Å². The molecule has 0 saturated heterocycles. The molecule has 1 aromatic heterocycles. The molecule has 26 heavy (non-hydrogen) atoms. The van der Waals surface area contributed by atoms with Crippen molar-refractivity contribution in [1.29, 1.82) is 0 Å². The fraction of sp³-hybridized carbons (Fsp3) is 0.0952. The van der Waals surface area contributed by atoms with Gasteiger partial charge >= 0.3 is 0 Å². The maximum atomic E-state index is 12.4. The van der Waals surface area contributed by atoms with Crippen molar-refractivity contribution in [2.24, 2.45) is 0 Å². The number of hydrogen-bond acceptors (Lipinski definition) is 2. The summed E-state index contributed by atoms with van der Waals surface area (Å²) in [5.41, 5.74) is 3.05. The van der Waals surface area contributed by atoms with Crippen LogP contribution in [0.1, 0.15) is 21.5 Å². The van der Waals surface area contributed by atoms with E-state index in [1.165, 1.54) is 0 Å². The molecule has 0 aliphatic carbocycles. The maximum absolute atomic E-state index is 12.4. The Morgan fingerprint density at radius 3 is 2.27 bits per heavy atom. The molecule has 0 bridgehead atoms. The first-order valence-corrected chi connectivity index (χ1v) is 8.97. The molecule has 0 spiro atoms. The van der Waals surface area contributed by atoms with Gasteiger partial charge in [0.2, 0.25) is 6.54 Å². The highest BCUT2D eigenvalue weighted by Crippen LogP contribution is 2.19. The normalized spacial score (nSPS) is 10.4. The molecule has 1 N–H and O–H groups in total. The van der Waals surface area contributed by atoms with Gasteiger partial charge < -0.3 is 5.32 Å². The Kier molecular flexibility index (Phi) is 5.58. The van der Waals surface area contributed by atoms with Gasteiger partial charge in [-0.1, -0.05) is 46.3 Å². The second kappa shape index (κ2) is 8.06. The van der Waals surface area contributed by atoms with Crippen molar-refractivity contribution in [3.05, 3.63) is 94.2 Å². The molecular formula is C21H18BrN2O2+. The van der Waals surface area contributed by atoms with Gasteiger partial charge in [-0.05, 0) is 30.7 Å². The number of nitrogens with one attached hydrogen (secondary N) is 1. The number of aromatic nitrogens is 1. The van der Waals surface area contributed by atoms with Crippen LogP contribution < -0.4 is 9.88 Å². The minimum Gasteiger partial charge on any atom is -0.321 e. The SMILES string of the molecule is Cc1cc(NC(=O)C[n+]2ccc(C(=O)c3ccccc3)cc2)ccc1Br. The zero-order chi connectivity index (χ0) is 18.5. The number of benzene rings is 2. The summed E-state index contributed by atoms with van der Waals surface area (Å²) in [6.45, 7) is 2.14. The average molecular weight is 410 g/mol. The third-order valence-electron chi connectivity index (χ3n) is 3.96. The lowest BCUT2D eigenvalue weighted by Crippen LogP contribution is -2.39. The van der Waals surface area contributed by atoms with Crippen LogP contribution in [0.15, 0.2) is 77.5 Å². The summed E-state index contributed by atoms with van der Waals surface area (Å²) in [5, 5.41) is 2.87. The molecule has 0 fully saturated rings. The molecule has 0 aliphatic rings. The van der Waals surface area contributed by atoms with Crippen LogP contribution in [0.5, 0.6) is 0 Å². The van der Waals surface area contributed by atoms with E-state index in [9.17, 15) is 9.59 Å². The van der Waals surface area contributed by atoms with Crippen molar-refractivity contribution < 1.29 is 14.2 Å². The van der Waals surface area contributed by atoms with Gasteiger partial charge in [-0.25, -0.2) is 0 Å². The summed E-state index contributed by atoms with van der Waals surface area (Å²) in [7, 11) is 0. The van der Waals surface area contributed by atoms with E-state index in [2.05, 4.69) is 21.2 Å². The summed E-state index contributed by atoms with van der Waals surface area (Å²) < 4.78 is 2.74. The standard InChI is InChI=1S/C21H17BrN2O2/c1-15-13-18(7-8-19(15)22)23-20(25)14-24-11-9-17(10-12-24)21(26)16-5-3-2-4-6-16/h2-13H,14H2,1H3/p+1. The van der Waals surface area contributed by atoms with E-state index in [0.717, 1.165) is 15.7 Å². The topological polar surface area (TPSA) is 50.1 Å². The quantitative estimate of drug-likeness (QED) is 0.512. The molecule has 0 radical (unpaired) electrons. The van der Waals surface area contributed by atoms with E-state index in [1.807, 2.05) is 43.3 Å². The summed E-state index contributed by atoms with van der Waals surface area (Å²) in [6.07, 6.45) is 3.48. The Balaban J connectivity index is 1.64. The second-order valence-corrected chi connectivity index (χ2v) is 6.82. The van der Waals surface area contributed by atoms with Gasteiger partial charge in [0.05, 0.1) is 0 Å². The van der Waals surface area contributed by atoms with E-state index in [1.54, 1.807) is 41.2 Å². The zero-order valence-electron chi connectivity index (χ0n) is 14.3. The first-order valence-electron chi connectivity index (χ1n) is 8.18. The molecule has 0 aliphatic heterocycles. The van der Waals surface area contributed by atoms with E-state index >= 15 is 0 Å². The number of carbonyl (C=O) groups excluding carboxylic acids is 2. The van der Waals surface area contributed by atoms with E-state index in [-0.39, 0.29) is 18.2 Å². The second-order valence-electron chi connectivity index (χ2n) is 5.97. The summed E-state index contributed by atoms with van der Waals surface area (Å²) >= 11 is 3.44. The zero-order valence-corrected chi connectivity index (χ0v) is 15.9. The first-order chi connectivity index (χ1) is 12.5. The number of pyridine rings is 1. The van der Waals surface area contributed by atoms with Crippen LogP contribution in [0.3, 0.4) is 0 Å². The molecule has 3 rings (SSSR count). The molecule has 2 aromatic carbocycles. The Hall–Kier alpha value is -2.79. The van der Waals surface area contributed by atoms with E-state index in [0.29, 0.717) is 11.1 Å². The number of amides is 1. The third-order valence-corrected chi connectivity index (χ3v) is 4.85. The Bertz CT molecular complexity index is 938. The number of rotatable bonds is 5. The van der Waals surface area contributed by atoms with Crippen LogP contribution in [0.25, 0.3) is 0 Å². The Morgan fingerprint density at radius 2 is 1.62 bits per heavy atom. The Morgan fingerprint density at radius 1 is 0.962 bits per heavy atom. The number of ketones is 1. The molecular weight excluding hydrogens is 392 g/mol. The molecule has 0 saturated carbocycles. The lowest BCUT2D eigenvalue weighted by atomic mass is 10.0. The number of carbonyl (C=O) groups is 2. The van der Waals surface area contributed by atoms with Crippen molar-refractivity contribution in [2.75, 3.05) is 5.32 Å². The highest BCUT2D eigenvalue weighted by Gasteiger charge is 2.13. The van der Waals surface area contributed by atoms with Gasteiger partial charge in [0.25, 0.3) is 5.91 Å². The van der Waals surface area contributed by atoms with Crippen molar-refractivity contribution in [2.45, 2.75) is 13.5 Å².